The van der Waals surface area contributed by atoms with Crippen molar-refractivity contribution in [3.63, 3.8) is 0 Å². The molecule has 2 heterocycles. The van der Waals surface area contributed by atoms with Gasteiger partial charge in [0.2, 0.25) is 0 Å². The van der Waals surface area contributed by atoms with Gasteiger partial charge in [-0.1, -0.05) is 41.9 Å². The topological polar surface area (TPSA) is 46.6 Å². The van der Waals surface area contributed by atoms with Crippen LogP contribution < -0.4 is 0 Å². The molecule has 2 aromatic rings. The molecule has 3 rings (SSSR count). The summed E-state index contributed by atoms with van der Waals surface area (Å²) in [5.74, 6) is 0. The molecular formula is C14H14ClNO3S2. The molecule has 0 radical (unpaired) electrons. The number of sulfonamides is 1. The van der Waals surface area contributed by atoms with E-state index in [2.05, 4.69) is 0 Å². The van der Waals surface area contributed by atoms with Crippen molar-refractivity contribution in [2.45, 2.75) is 10.3 Å². The summed E-state index contributed by atoms with van der Waals surface area (Å²) in [6, 6.07) is 12.8. The maximum absolute atomic E-state index is 12.6. The van der Waals surface area contributed by atoms with Gasteiger partial charge in [-0.3, -0.25) is 0 Å². The highest BCUT2D eigenvalue weighted by molar-refractivity contribution is 7.91. The van der Waals surface area contributed by atoms with Crippen molar-refractivity contribution in [1.82, 2.24) is 4.31 Å². The highest BCUT2D eigenvalue weighted by atomic mass is 35.5. The molecule has 1 aliphatic heterocycles. The van der Waals surface area contributed by atoms with Gasteiger partial charge in [0, 0.05) is 13.1 Å². The van der Waals surface area contributed by atoms with Crippen molar-refractivity contribution in [3.8, 4) is 0 Å². The molecule has 21 heavy (non-hydrogen) atoms. The molecule has 1 unspecified atom stereocenters. The predicted molar refractivity (Wildman–Crippen MR) is 83.2 cm³/mol. The van der Waals surface area contributed by atoms with Gasteiger partial charge >= 0.3 is 0 Å². The molecular weight excluding hydrogens is 330 g/mol. The average molecular weight is 344 g/mol. The molecule has 4 nitrogen and oxygen atoms in total. The van der Waals surface area contributed by atoms with Crippen molar-refractivity contribution < 1.29 is 13.2 Å². The summed E-state index contributed by atoms with van der Waals surface area (Å²) in [5.41, 5.74) is 0.988. The number of rotatable bonds is 3. The molecule has 0 bridgehead atoms. The first-order valence-corrected chi connectivity index (χ1v) is 9.13. The lowest BCUT2D eigenvalue weighted by atomic mass is 10.1. The van der Waals surface area contributed by atoms with Gasteiger partial charge in [0.15, 0.2) is 0 Å². The number of morpholine rings is 1. The fourth-order valence-electron chi connectivity index (χ4n) is 2.28. The van der Waals surface area contributed by atoms with Gasteiger partial charge in [-0.05, 0) is 17.7 Å². The highest BCUT2D eigenvalue weighted by Gasteiger charge is 2.32. The molecule has 0 amide bonds. The van der Waals surface area contributed by atoms with Crippen molar-refractivity contribution >= 4 is 33.0 Å². The van der Waals surface area contributed by atoms with Crippen LogP contribution in [0.25, 0.3) is 0 Å². The van der Waals surface area contributed by atoms with E-state index >= 15 is 0 Å². The molecule has 112 valence electrons. The van der Waals surface area contributed by atoms with Crippen LogP contribution in [0.2, 0.25) is 4.34 Å². The summed E-state index contributed by atoms with van der Waals surface area (Å²) < 4.78 is 33.1. The first-order chi connectivity index (χ1) is 10.1. The summed E-state index contributed by atoms with van der Waals surface area (Å²) in [7, 11) is -3.49. The third-order valence-corrected chi connectivity index (χ3v) is 6.91. The third kappa shape index (κ3) is 3.14. The minimum Gasteiger partial charge on any atom is -0.371 e. The van der Waals surface area contributed by atoms with Gasteiger partial charge in [-0.2, -0.15) is 4.31 Å². The second-order valence-corrected chi connectivity index (χ2v) is 8.57. The second kappa shape index (κ2) is 6.06. The SMILES string of the molecule is O=S(=O)(c1ccc(Cl)s1)N1CCOC(c2ccccc2)C1. The highest BCUT2D eigenvalue weighted by Crippen LogP contribution is 2.31. The summed E-state index contributed by atoms with van der Waals surface area (Å²) in [5, 5.41) is 0. The van der Waals surface area contributed by atoms with E-state index in [0.29, 0.717) is 24.0 Å². The van der Waals surface area contributed by atoms with E-state index in [4.69, 9.17) is 16.3 Å². The van der Waals surface area contributed by atoms with Gasteiger partial charge in [-0.15, -0.1) is 11.3 Å². The number of nitrogens with zero attached hydrogens (tertiary/aromatic N) is 1. The van der Waals surface area contributed by atoms with E-state index in [1.807, 2.05) is 30.3 Å². The largest absolute Gasteiger partial charge is 0.371 e. The fraction of sp³-hybridized carbons (Fsp3) is 0.286. The number of hydrogen-bond donors (Lipinski definition) is 0. The quantitative estimate of drug-likeness (QED) is 0.860. The molecule has 0 aliphatic carbocycles. The van der Waals surface area contributed by atoms with E-state index in [0.717, 1.165) is 16.9 Å². The van der Waals surface area contributed by atoms with Gasteiger partial charge < -0.3 is 4.74 Å². The first kappa shape index (κ1) is 15.0. The Morgan fingerprint density at radius 1 is 1.19 bits per heavy atom. The second-order valence-electron chi connectivity index (χ2n) is 4.69. The van der Waals surface area contributed by atoms with Crippen molar-refractivity contribution in [2.75, 3.05) is 19.7 Å². The Hall–Kier alpha value is -0.920. The number of hydrogen-bond acceptors (Lipinski definition) is 4. The van der Waals surface area contributed by atoms with E-state index < -0.39 is 10.0 Å². The molecule has 0 N–H and O–H groups in total. The lowest BCUT2D eigenvalue weighted by Crippen LogP contribution is -2.41. The lowest BCUT2D eigenvalue weighted by Gasteiger charge is -2.32. The van der Waals surface area contributed by atoms with Crippen LogP contribution in [-0.2, 0) is 14.8 Å². The summed E-state index contributed by atoms with van der Waals surface area (Å²) in [6.07, 6.45) is -0.231. The molecule has 0 saturated carbocycles. The molecule has 0 spiro atoms. The van der Waals surface area contributed by atoms with Crippen LogP contribution in [0.4, 0.5) is 0 Å². The Labute approximate surface area is 133 Å². The van der Waals surface area contributed by atoms with Gasteiger partial charge in [0.25, 0.3) is 10.0 Å². The monoisotopic (exact) mass is 343 g/mol. The number of halogens is 1. The van der Waals surface area contributed by atoms with Crippen molar-refractivity contribution in [1.29, 1.82) is 0 Å². The van der Waals surface area contributed by atoms with Gasteiger partial charge in [-0.25, -0.2) is 8.42 Å². The van der Waals surface area contributed by atoms with Gasteiger partial charge in [0.05, 0.1) is 17.0 Å². The predicted octanol–water partition coefficient (Wildman–Crippen LogP) is 3.16. The van der Waals surface area contributed by atoms with Crippen LogP contribution in [0.3, 0.4) is 0 Å². The average Bonchev–Trinajstić information content (AvgIpc) is 2.96. The number of thiophene rings is 1. The summed E-state index contributed by atoms with van der Waals surface area (Å²) in [6.45, 7) is 1.07. The summed E-state index contributed by atoms with van der Waals surface area (Å²) in [4.78, 5) is 0. The van der Waals surface area contributed by atoms with Crippen molar-refractivity contribution in [3.05, 3.63) is 52.4 Å². The first-order valence-electron chi connectivity index (χ1n) is 6.49. The van der Waals surface area contributed by atoms with Crippen LogP contribution in [0.1, 0.15) is 11.7 Å². The van der Waals surface area contributed by atoms with Crippen LogP contribution in [-0.4, -0.2) is 32.4 Å². The smallest absolute Gasteiger partial charge is 0.252 e. The Balaban J connectivity index is 1.83. The Morgan fingerprint density at radius 2 is 1.95 bits per heavy atom. The Morgan fingerprint density at radius 3 is 2.62 bits per heavy atom. The van der Waals surface area contributed by atoms with E-state index in [-0.39, 0.29) is 10.3 Å². The lowest BCUT2D eigenvalue weighted by molar-refractivity contribution is -0.00249. The van der Waals surface area contributed by atoms with E-state index in [1.165, 1.54) is 4.31 Å². The summed E-state index contributed by atoms with van der Waals surface area (Å²) >= 11 is 6.92. The van der Waals surface area contributed by atoms with Crippen LogP contribution in [0.15, 0.2) is 46.7 Å². The molecule has 1 aromatic carbocycles. The van der Waals surface area contributed by atoms with Gasteiger partial charge in [0.1, 0.15) is 4.21 Å². The normalized spacial score (nSPS) is 20.5. The molecule has 1 aliphatic rings. The Bertz CT molecular complexity index is 715. The molecule has 1 atom stereocenters. The zero-order valence-corrected chi connectivity index (χ0v) is 13.5. The molecule has 7 heteroatoms. The molecule has 1 aromatic heterocycles. The minimum absolute atomic E-state index is 0.231. The third-order valence-electron chi connectivity index (χ3n) is 3.34. The molecule has 1 saturated heterocycles. The maximum Gasteiger partial charge on any atom is 0.252 e. The van der Waals surface area contributed by atoms with Crippen molar-refractivity contribution in [2.24, 2.45) is 0 Å². The zero-order valence-electron chi connectivity index (χ0n) is 11.1. The zero-order chi connectivity index (χ0) is 14.9. The van der Waals surface area contributed by atoms with Crippen LogP contribution in [0.5, 0.6) is 0 Å². The fourth-order valence-corrected chi connectivity index (χ4v) is 5.34. The Kier molecular flexibility index (Phi) is 4.33. The van der Waals surface area contributed by atoms with Crippen LogP contribution >= 0.6 is 22.9 Å². The molecule has 1 fully saturated rings. The maximum atomic E-state index is 12.6. The number of ether oxygens (including phenoxy) is 1. The van der Waals surface area contributed by atoms with E-state index in [9.17, 15) is 8.42 Å². The standard InChI is InChI=1S/C14H14ClNO3S2/c15-13-6-7-14(20-13)21(17,18)16-8-9-19-12(10-16)11-4-2-1-3-5-11/h1-7,12H,8-10H2. The van der Waals surface area contributed by atoms with Crippen LogP contribution in [0, 0.1) is 0 Å². The minimum atomic E-state index is -3.49. The van der Waals surface area contributed by atoms with E-state index in [1.54, 1.807) is 12.1 Å². The number of benzene rings is 1.